The van der Waals surface area contributed by atoms with Gasteiger partial charge in [0.25, 0.3) is 5.91 Å². The minimum Gasteiger partial charge on any atom is -0.481 e. The quantitative estimate of drug-likeness (QED) is 0.836. The Balaban J connectivity index is 1.42. The molecule has 6 nitrogen and oxygen atoms in total. The molecule has 4 rings (SSSR count). The molecule has 0 unspecified atom stereocenters. The number of hydrogen-bond donors (Lipinski definition) is 2. The van der Waals surface area contributed by atoms with Crippen molar-refractivity contribution < 1.29 is 18.8 Å². The van der Waals surface area contributed by atoms with Crippen LogP contribution in [0.3, 0.4) is 0 Å². The van der Waals surface area contributed by atoms with Crippen molar-refractivity contribution in [1.82, 2.24) is 0 Å². The molecule has 0 atom stereocenters. The van der Waals surface area contributed by atoms with Crippen molar-refractivity contribution in [3.8, 4) is 11.5 Å². The second-order valence-corrected chi connectivity index (χ2v) is 6.20. The molecular weight excluding hydrogens is 325 g/mol. The number of halogens is 1. The maximum atomic E-state index is 13.0. The molecule has 1 amide bonds. The Bertz CT molecular complexity index is 821. The SMILES string of the molecule is Cc1cc(N2CC(F)C2)ccc1NOc1ccc2c(c1)OCC(=O)N2. The zero-order valence-corrected chi connectivity index (χ0v) is 13.7. The van der Waals surface area contributed by atoms with E-state index >= 15 is 0 Å². The number of fused-ring (bicyclic) bond motifs is 1. The number of carbonyl (C=O) groups is 1. The van der Waals surface area contributed by atoms with Crippen LogP contribution in [-0.4, -0.2) is 31.8 Å². The van der Waals surface area contributed by atoms with Gasteiger partial charge >= 0.3 is 0 Å². The summed E-state index contributed by atoms with van der Waals surface area (Å²) in [7, 11) is 0. The first-order valence-electron chi connectivity index (χ1n) is 8.08. The molecule has 0 aliphatic carbocycles. The average Bonchev–Trinajstić information content (AvgIpc) is 2.58. The molecule has 2 heterocycles. The van der Waals surface area contributed by atoms with Gasteiger partial charge in [0.15, 0.2) is 12.4 Å². The third-order valence-electron chi connectivity index (χ3n) is 4.28. The van der Waals surface area contributed by atoms with Gasteiger partial charge < -0.3 is 19.8 Å². The highest BCUT2D eigenvalue weighted by atomic mass is 19.1. The summed E-state index contributed by atoms with van der Waals surface area (Å²) in [5.41, 5.74) is 6.39. The van der Waals surface area contributed by atoms with Gasteiger partial charge in [-0.05, 0) is 42.8 Å². The van der Waals surface area contributed by atoms with Gasteiger partial charge in [0.05, 0.1) is 24.5 Å². The smallest absolute Gasteiger partial charge is 0.262 e. The first kappa shape index (κ1) is 15.6. The number of amides is 1. The van der Waals surface area contributed by atoms with E-state index in [0.717, 1.165) is 16.9 Å². The Morgan fingerprint density at radius 2 is 2.12 bits per heavy atom. The Morgan fingerprint density at radius 1 is 1.28 bits per heavy atom. The second-order valence-electron chi connectivity index (χ2n) is 6.20. The predicted octanol–water partition coefficient (Wildman–Crippen LogP) is 2.89. The van der Waals surface area contributed by atoms with Gasteiger partial charge in [-0.3, -0.25) is 4.79 Å². The minimum atomic E-state index is -0.725. The lowest BCUT2D eigenvalue weighted by molar-refractivity contribution is -0.118. The molecule has 2 aromatic carbocycles. The number of anilines is 3. The molecule has 0 aromatic heterocycles. The molecule has 1 fully saturated rings. The summed E-state index contributed by atoms with van der Waals surface area (Å²) in [6, 6.07) is 11.0. The number of benzene rings is 2. The standard InChI is InChI=1S/C18H18FN3O3/c1-11-6-13(22-8-12(19)9-22)2-4-15(11)21-25-14-3-5-16-17(7-14)24-10-18(23)20-16/h2-7,12,21H,8-10H2,1H3,(H,20,23). The zero-order valence-electron chi connectivity index (χ0n) is 13.7. The highest BCUT2D eigenvalue weighted by Gasteiger charge is 2.26. The molecule has 0 spiro atoms. The van der Waals surface area contributed by atoms with Gasteiger partial charge in [-0.15, -0.1) is 0 Å². The Labute approximate surface area is 144 Å². The van der Waals surface area contributed by atoms with E-state index in [1.165, 1.54) is 0 Å². The maximum absolute atomic E-state index is 13.0. The Hall–Kier alpha value is -2.96. The molecule has 2 aliphatic heterocycles. The highest BCUT2D eigenvalue weighted by Crippen LogP contribution is 2.32. The zero-order chi connectivity index (χ0) is 17.4. The molecule has 0 bridgehead atoms. The molecular formula is C18H18FN3O3. The fourth-order valence-corrected chi connectivity index (χ4v) is 2.83. The summed E-state index contributed by atoms with van der Waals surface area (Å²) in [6.45, 7) is 2.87. The van der Waals surface area contributed by atoms with E-state index in [2.05, 4.69) is 10.8 Å². The van der Waals surface area contributed by atoms with Crippen LogP contribution in [0.2, 0.25) is 0 Å². The van der Waals surface area contributed by atoms with E-state index in [4.69, 9.17) is 9.57 Å². The second kappa shape index (κ2) is 6.16. The van der Waals surface area contributed by atoms with Gasteiger partial charge in [0.2, 0.25) is 0 Å². The number of aryl methyl sites for hydroxylation is 1. The van der Waals surface area contributed by atoms with Crippen LogP contribution < -0.4 is 25.3 Å². The van der Waals surface area contributed by atoms with Crippen molar-refractivity contribution in [3.63, 3.8) is 0 Å². The van der Waals surface area contributed by atoms with Gasteiger partial charge in [0, 0.05) is 11.8 Å². The van der Waals surface area contributed by atoms with E-state index in [1.54, 1.807) is 18.2 Å². The lowest BCUT2D eigenvalue weighted by Gasteiger charge is -2.36. The number of carbonyl (C=O) groups excluding carboxylic acids is 1. The molecule has 7 heteroatoms. The van der Waals surface area contributed by atoms with Crippen LogP contribution in [0.5, 0.6) is 11.5 Å². The summed E-state index contributed by atoms with van der Waals surface area (Å²) in [4.78, 5) is 18.9. The van der Waals surface area contributed by atoms with E-state index < -0.39 is 6.17 Å². The van der Waals surface area contributed by atoms with E-state index in [9.17, 15) is 9.18 Å². The summed E-state index contributed by atoms with van der Waals surface area (Å²) < 4.78 is 18.3. The van der Waals surface area contributed by atoms with Gasteiger partial charge in [-0.25, -0.2) is 9.87 Å². The van der Waals surface area contributed by atoms with Crippen molar-refractivity contribution in [1.29, 1.82) is 0 Å². The summed E-state index contributed by atoms with van der Waals surface area (Å²) in [5.74, 6) is 0.974. The van der Waals surface area contributed by atoms with Gasteiger partial charge in [-0.1, -0.05) is 0 Å². The van der Waals surface area contributed by atoms with Crippen LogP contribution in [-0.2, 0) is 4.79 Å². The number of nitrogens with zero attached hydrogens (tertiary/aromatic N) is 1. The Kier molecular flexibility index (Phi) is 3.83. The highest BCUT2D eigenvalue weighted by molar-refractivity contribution is 5.95. The summed E-state index contributed by atoms with van der Waals surface area (Å²) in [5, 5.41) is 2.73. The van der Waals surface area contributed by atoms with Crippen molar-refractivity contribution in [2.45, 2.75) is 13.1 Å². The van der Waals surface area contributed by atoms with Crippen molar-refractivity contribution >= 4 is 23.0 Å². The first-order chi connectivity index (χ1) is 12.1. The van der Waals surface area contributed by atoms with Crippen LogP contribution in [0.15, 0.2) is 36.4 Å². The van der Waals surface area contributed by atoms with Crippen LogP contribution in [0.1, 0.15) is 5.56 Å². The number of nitrogens with one attached hydrogen (secondary N) is 2. The maximum Gasteiger partial charge on any atom is 0.262 e. The number of rotatable bonds is 4. The predicted molar refractivity (Wildman–Crippen MR) is 93.1 cm³/mol. The lowest BCUT2D eigenvalue weighted by Crippen LogP contribution is -2.48. The molecule has 1 saturated heterocycles. The van der Waals surface area contributed by atoms with E-state index in [0.29, 0.717) is 30.3 Å². The van der Waals surface area contributed by atoms with Crippen LogP contribution in [0.4, 0.5) is 21.5 Å². The van der Waals surface area contributed by atoms with Crippen molar-refractivity contribution in [3.05, 3.63) is 42.0 Å². The molecule has 2 N–H and O–H groups in total. The molecule has 2 aliphatic rings. The number of alkyl halides is 1. The lowest BCUT2D eigenvalue weighted by atomic mass is 10.1. The van der Waals surface area contributed by atoms with Crippen LogP contribution in [0, 0.1) is 6.92 Å². The van der Waals surface area contributed by atoms with E-state index in [-0.39, 0.29) is 12.5 Å². The first-order valence-corrected chi connectivity index (χ1v) is 8.08. The van der Waals surface area contributed by atoms with Crippen molar-refractivity contribution in [2.75, 3.05) is 35.4 Å². The average molecular weight is 343 g/mol. The third kappa shape index (κ3) is 3.17. The molecule has 0 radical (unpaired) electrons. The Morgan fingerprint density at radius 3 is 2.88 bits per heavy atom. The fourth-order valence-electron chi connectivity index (χ4n) is 2.83. The molecule has 2 aromatic rings. The normalized spacial score (nSPS) is 16.4. The number of hydrogen-bond acceptors (Lipinski definition) is 5. The summed E-state index contributed by atoms with van der Waals surface area (Å²) in [6.07, 6.45) is -0.725. The summed E-state index contributed by atoms with van der Waals surface area (Å²) >= 11 is 0. The topological polar surface area (TPSA) is 62.8 Å². The third-order valence-corrected chi connectivity index (χ3v) is 4.28. The van der Waals surface area contributed by atoms with Gasteiger partial charge in [-0.2, -0.15) is 0 Å². The molecule has 25 heavy (non-hydrogen) atoms. The van der Waals surface area contributed by atoms with E-state index in [1.807, 2.05) is 30.0 Å². The van der Waals surface area contributed by atoms with Crippen LogP contribution in [0.25, 0.3) is 0 Å². The largest absolute Gasteiger partial charge is 0.481 e. The number of ether oxygens (including phenoxy) is 1. The minimum absolute atomic E-state index is 0.000684. The molecule has 130 valence electrons. The monoisotopic (exact) mass is 343 g/mol. The van der Waals surface area contributed by atoms with Gasteiger partial charge in [0.1, 0.15) is 11.9 Å². The van der Waals surface area contributed by atoms with Crippen LogP contribution >= 0.6 is 0 Å². The fraction of sp³-hybridized carbons (Fsp3) is 0.278. The molecule has 0 saturated carbocycles. The van der Waals surface area contributed by atoms with Crippen molar-refractivity contribution in [2.24, 2.45) is 0 Å².